The second kappa shape index (κ2) is 3.31. The SMILES string of the molecule is NC(=O)c1nn(C2CNC2)cc1[N+](=O)[O-]. The standard InChI is InChI=1S/C7H9N5O3/c8-7(13)6-5(12(14)15)3-11(10-6)4-1-9-2-4/h3-4,9H,1-2H2,(H2,8,13). The molecule has 8 heteroatoms. The topological polar surface area (TPSA) is 116 Å². The molecule has 1 aromatic rings. The fourth-order valence-electron chi connectivity index (χ4n) is 1.34. The van der Waals surface area contributed by atoms with E-state index in [-0.39, 0.29) is 17.4 Å². The van der Waals surface area contributed by atoms with Crippen LogP contribution in [0.15, 0.2) is 6.20 Å². The molecule has 1 aromatic heterocycles. The zero-order chi connectivity index (χ0) is 11.0. The van der Waals surface area contributed by atoms with Gasteiger partial charge >= 0.3 is 5.69 Å². The van der Waals surface area contributed by atoms with Crippen LogP contribution >= 0.6 is 0 Å². The predicted octanol–water partition coefficient (Wildman–Crippen LogP) is -0.966. The van der Waals surface area contributed by atoms with E-state index in [0.29, 0.717) is 13.1 Å². The molecule has 0 bridgehead atoms. The fourth-order valence-corrected chi connectivity index (χ4v) is 1.34. The number of rotatable bonds is 3. The zero-order valence-corrected chi connectivity index (χ0v) is 7.71. The molecule has 1 fully saturated rings. The van der Waals surface area contributed by atoms with Crippen molar-refractivity contribution in [3.8, 4) is 0 Å². The van der Waals surface area contributed by atoms with Crippen LogP contribution in [0.25, 0.3) is 0 Å². The van der Waals surface area contributed by atoms with Gasteiger partial charge in [0.05, 0.1) is 11.0 Å². The van der Waals surface area contributed by atoms with Crippen molar-refractivity contribution < 1.29 is 9.72 Å². The lowest BCUT2D eigenvalue weighted by Crippen LogP contribution is -2.43. The van der Waals surface area contributed by atoms with Crippen molar-refractivity contribution in [2.75, 3.05) is 13.1 Å². The van der Waals surface area contributed by atoms with Gasteiger partial charge in [0, 0.05) is 13.1 Å². The van der Waals surface area contributed by atoms with E-state index in [4.69, 9.17) is 5.73 Å². The molecule has 0 spiro atoms. The number of nitro groups is 1. The normalized spacial score (nSPS) is 16.0. The average molecular weight is 211 g/mol. The molecule has 8 nitrogen and oxygen atoms in total. The number of carbonyl (C=O) groups excluding carboxylic acids is 1. The van der Waals surface area contributed by atoms with Crippen LogP contribution in [0.4, 0.5) is 5.69 Å². The van der Waals surface area contributed by atoms with E-state index in [1.165, 1.54) is 10.9 Å². The fraction of sp³-hybridized carbons (Fsp3) is 0.429. The van der Waals surface area contributed by atoms with Gasteiger partial charge in [0.15, 0.2) is 0 Å². The Hall–Kier alpha value is -1.96. The van der Waals surface area contributed by atoms with Gasteiger partial charge in [0.1, 0.15) is 6.20 Å². The van der Waals surface area contributed by atoms with Gasteiger partial charge in [0.25, 0.3) is 5.91 Å². The van der Waals surface area contributed by atoms with E-state index in [9.17, 15) is 14.9 Å². The monoisotopic (exact) mass is 211 g/mol. The quantitative estimate of drug-likeness (QED) is 0.493. The molecule has 0 unspecified atom stereocenters. The Morgan fingerprint density at radius 3 is 2.73 bits per heavy atom. The van der Waals surface area contributed by atoms with Gasteiger partial charge in [-0.05, 0) is 0 Å². The number of hydrogen-bond acceptors (Lipinski definition) is 5. The lowest BCUT2D eigenvalue weighted by molar-refractivity contribution is -0.385. The van der Waals surface area contributed by atoms with Gasteiger partial charge in [-0.25, -0.2) is 0 Å². The number of nitrogens with one attached hydrogen (secondary N) is 1. The number of carbonyl (C=O) groups is 1. The van der Waals surface area contributed by atoms with Crippen LogP contribution in [-0.4, -0.2) is 33.7 Å². The molecule has 2 rings (SSSR count). The second-order valence-corrected chi connectivity index (χ2v) is 3.28. The molecule has 1 aliphatic heterocycles. The Morgan fingerprint density at radius 1 is 1.73 bits per heavy atom. The van der Waals surface area contributed by atoms with Crippen molar-refractivity contribution in [1.82, 2.24) is 15.1 Å². The molecular formula is C7H9N5O3. The van der Waals surface area contributed by atoms with Gasteiger partial charge in [-0.2, -0.15) is 5.10 Å². The number of nitrogens with zero attached hydrogens (tertiary/aromatic N) is 3. The molecule has 1 saturated heterocycles. The highest BCUT2D eigenvalue weighted by Crippen LogP contribution is 2.20. The Morgan fingerprint density at radius 2 is 2.40 bits per heavy atom. The number of primary amides is 1. The third-order valence-electron chi connectivity index (χ3n) is 2.28. The predicted molar refractivity (Wildman–Crippen MR) is 49.3 cm³/mol. The van der Waals surface area contributed by atoms with Crippen LogP contribution < -0.4 is 11.1 Å². The third kappa shape index (κ3) is 1.54. The molecule has 15 heavy (non-hydrogen) atoms. The maximum atomic E-state index is 10.9. The van der Waals surface area contributed by atoms with Gasteiger partial charge in [-0.1, -0.05) is 0 Å². The lowest BCUT2D eigenvalue weighted by atomic mass is 10.2. The summed E-state index contributed by atoms with van der Waals surface area (Å²) in [6, 6.07) is 0.0665. The summed E-state index contributed by atoms with van der Waals surface area (Å²) in [5.41, 5.74) is 4.37. The largest absolute Gasteiger partial charge is 0.364 e. The van der Waals surface area contributed by atoms with Gasteiger partial charge in [-0.3, -0.25) is 19.6 Å². The third-order valence-corrected chi connectivity index (χ3v) is 2.28. The highest BCUT2D eigenvalue weighted by molar-refractivity contribution is 5.94. The highest BCUT2D eigenvalue weighted by atomic mass is 16.6. The van der Waals surface area contributed by atoms with Gasteiger partial charge in [0.2, 0.25) is 5.69 Å². The van der Waals surface area contributed by atoms with Crippen molar-refractivity contribution in [2.45, 2.75) is 6.04 Å². The first-order valence-electron chi connectivity index (χ1n) is 4.33. The summed E-state index contributed by atoms with van der Waals surface area (Å²) < 4.78 is 1.41. The van der Waals surface area contributed by atoms with E-state index in [0.717, 1.165) is 0 Å². The van der Waals surface area contributed by atoms with E-state index >= 15 is 0 Å². The first kappa shape index (κ1) is 9.59. The molecule has 2 heterocycles. The smallest absolute Gasteiger partial charge is 0.320 e. The molecule has 0 aromatic carbocycles. The minimum Gasteiger partial charge on any atom is -0.364 e. The van der Waals surface area contributed by atoms with Crippen LogP contribution in [0.5, 0.6) is 0 Å². The number of amides is 1. The Kier molecular flexibility index (Phi) is 2.12. The molecule has 1 aliphatic rings. The molecule has 80 valence electrons. The molecule has 0 saturated carbocycles. The second-order valence-electron chi connectivity index (χ2n) is 3.28. The van der Waals surface area contributed by atoms with E-state index in [2.05, 4.69) is 10.4 Å². The maximum Gasteiger partial charge on any atom is 0.320 e. The van der Waals surface area contributed by atoms with E-state index in [1.54, 1.807) is 0 Å². The first-order valence-corrected chi connectivity index (χ1v) is 4.33. The first-order chi connectivity index (χ1) is 7.09. The van der Waals surface area contributed by atoms with Crippen molar-refractivity contribution >= 4 is 11.6 Å². The van der Waals surface area contributed by atoms with E-state index < -0.39 is 10.8 Å². The maximum absolute atomic E-state index is 10.9. The summed E-state index contributed by atoms with van der Waals surface area (Å²) in [6.45, 7) is 1.38. The zero-order valence-electron chi connectivity index (χ0n) is 7.71. The summed E-state index contributed by atoms with van der Waals surface area (Å²) in [5.74, 6) is -0.882. The van der Waals surface area contributed by atoms with E-state index in [1.807, 2.05) is 0 Å². The Labute approximate surface area is 84.2 Å². The lowest BCUT2D eigenvalue weighted by Gasteiger charge is -2.26. The minimum absolute atomic E-state index is 0.0665. The molecular weight excluding hydrogens is 202 g/mol. The van der Waals surface area contributed by atoms with Crippen LogP contribution in [0.2, 0.25) is 0 Å². The van der Waals surface area contributed by atoms with Gasteiger partial charge < -0.3 is 11.1 Å². The van der Waals surface area contributed by atoms with Gasteiger partial charge in [-0.15, -0.1) is 0 Å². The number of aromatic nitrogens is 2. The van der Waals surface area contributed by atoms with Crippen molar-refractivity contribution in [3.05, 3.63) is 22.0 Å². The van der Waals surface area contributed by atoms with Crippen molar-refractivity contribution in [1.29, 1.82) is 0 Å². The van der Waals surface area contributed by atoms with Crippen molar-refractivity contribution in [2.24, 2.45) is 5.73 Å². The van der Waals surface area contributed by atoms with Crippen LogP contribution in [0, 0.1) is 10.1 Å². The molecule has 0 atom stereocenters. The summed E-state index contributed by atoms with van der Waals surface area (Å²) in [4.78, 5) is 20.8. The average Bonchev–Trinajstić information content (AvgIpc) is 2.45. The summed E-state index contributed by atoms with van der Waals surface area (Å²) in [5, 5.41) is 17.4. The van der Waals surface area contributed by atoms with Crippen molar-refractivity contribution in [3.63, 3.8) is 0 Å². The molecule has 0 aliphatic carbocycles. The number of nitrogens with two attached hydrogens (primary N) is 1. The Balaban J connectivity index is 2.39. The summed E-state index contributed by atoms with van der Waals surface area (Å²) in [7, 11) is 0. The summed E-state index contributed by atoms with van der Waals surface area (Å²) in [6.07, 6.45) is 1.24. The molecule has 1 amide bonds. The Bertz CT molecular complexity index is 391. The molecule has 0 radical (unpaired) electrons. The van der Waals surface area contributed by atoms with Crippen LogP contribution in [0.3, 0.4) is 0 Å². The highest BCUT2D eigenvalue weighted by Gasteiger charge is 2.28. The minimum atomic E-state index is -0.882. The van der Waals surface area contributed by atoms with Crippen LogP contribution in [0.1, 0.15) is 16.5 Å². The van der Waals surface area contributed by atoms with Crippen LogP contribution in [-0.2, 0) is 0 Å². The molecule has 3 N–H and O–H groups in total. The summed E-state index contributed by atoms with van der Waals surface area (Å²) >= 11 is 0. The number of hydrogen-bond donors (Lipinski definition) is 2.